The molecule has 0 saturated carbocycles. The molecule has 1 atom stereocenters. The van der Waals surface area contributed by atoms with E-state index < -0.39 is 5.25 Å². The summed E-state index contributed by atoms with van der Waals surface area (Å²) in [4.78, 5) is 23.9. The van der Waals surface area contributed by atoms with E-state index in [1.54, 1.807) is 38.1 Å². The number of aromatic nitrogens is 1. The van der Waals surface area contributed by atoms with Crippen LogP contribution < -0.4 is 10.6 Å². The van der Waals surface area contributed by atoms with Crippen LogP contribution >= 0.6 is 11.8 Å². The molecule has 0 saturated heterocycles. The van der Waals surface area contributed by atoms with Gasteiger partial charge in [-0.2, -0.15) is 5.26 Å². The summed E-state index contributed by atoms with van der Waals surface area (Å²) in [5.74, 6) is 0.703. The monoisotopic (exact) mass is 358 g/mol. The molecule has 1 unspecified atom stereocenters. The lowest BCUT2D eigenvalue weighted by molar-refractivity contribution is -0.118. The van der Waals surface area contributed by atoms with Crippen LogP contribution in [0.25, 0.3) is 0 Å². The fraction of sp³-hybridized carbons (Fsp3) is 0.294. The van der Waals surface area contributed by atoms with Gasteiger partial charge in [0, 0.05) is 12.6 Å². The summed E-state index contributed by atoms with van der Waals surface area (Å²) in [6.07, 6.45) is 0. The van der Waals surface area contributed by atoms with Crippen LogP contribution in [0.2, 0.25) is 0 Å². The highest BCUT2D eigenvalue weighted by Crippen LogP contribution is 2.14. The summed E-state index contributed by atoms with van der Waals surface area (Å²) in [5, 5.41) is 17.5. The predicted octanol–water partition coefficient (Wildman–Crippen LogP) is 2.23. The van der Waals surface area contributed by atoms with Crippen molar-refractivity contribution in [3.05, 3.63) is 47.2 Å². The lowest BCUT2D eigenvalue weighted by Crippen LogP contribution is -2.28. The summed E-state index contributed by atoms with van der Waals surface area (Å²) < 4.78 is 4.88. The van der Waals surface area contributed by atoms with Gasteiger partial charge in [-0.3, -0.25) is 9.59 Å². The molecule has 8 heteroatoms. The molecule has 0 spiro atoms. The maximum atomic E-state index is 12.0. The molecule has 1 aromatic carbocycles. The Labute approximate surface area is 149 Å². The molecule has 2 aromatic rings. The zero-order valence-electron chi connectivity index (χ0n) is 13.9. The molecule has 2 amide bonds. The topological polar surface area (TPSA) is 108 Å². The van der Waals surface area contributed by atoms with Gasteiger partial charge in [0.2, 0.25) is 11.8 Å². The Morgan fingerprint density at radius 2 is 2.20 bits per heavy atom. The van der Waals surface area contributed by atoms with Crippen molar-refractivity contribution >= 4 is 29.4 Å². The molecule has 25 heavy (non-hydrogen) atoms. The predicted molar refractivity (Wildman–Crippen MR) is 94.8 cm³/mol. The maximum Gasteiger partial charge on any atom is 0.238 e. The van der Waals surface area contributed by atoms with Crippen molar-refractivity contribution in [2.75, 3.05) is 11.1 Å². The van der Waals surface area contributed by atoms with Crippen molar-refractivity contribution < 1.29 is 14.1 Å². The van der Waals surface area contributed by atoms with Crippen LogP contribution in [0, 0.1) is 18.3 Å². The number of thioether (sulfide) groups is 1. The van der Waals surface area contributed by atoms with Crippen LogP contribution in [0.15, 0.2) is 34.9 Å². The van der Waals surface area contributed by atoms with Gasteiger partial charge in [0.25, 0.3) is 0 Å². The number of carbonyl (C=O) groups excluding carboxylic acids is 2. The van der Waals surface area contributed by atoms with Gasteiger partial charge in [0.15, 0.2) is 5.82 Å². The average molecular weight is 358 g/mol. The summed E-state index contributed by atoms with van der Waals surface area (Å²) in [6, 6.07) is 10.7. The quantitative estimate of drug-likeness (QED) is 0.786. The lowest BCUT2D eigenvalue weighted by Gasteiger charge is -2.10. The fourth-order valence-corrected chi connectivity index (χ4v) is 2.65. The molecule has 7 nitrogen and oxygen atoms in total. The molecular weight excluding hydrogens is 340 g/mol. The molecule has 2 N–H and O–H groups in total. The fourth-order valence-electron chi connectivity index (χ4n) is 1.93. The second-order valence-electron chi connectivity index (χ2n) is 5.35. The maximum absolute atomic E-state index is 12.0. The van der Waals surface area contributed by atoms with E-state index in [0.717, 1.165) is 5.56 Å². The van der Waals surface area contributed by atoms with Gasteiger partial charge >= 0.3 is 0 Å². The first-order chi connectivity index (χ1) is 12.0. The van der Waals surface area contributed by atoms with E-state index >= 15 is 0 Å². The molecule has 0 fully saturated rings. The van der Waals surface area contributed by atoms with Crippen LogP contribution in [0.3, 0.4) is 0 Å². The number of hydrogen-bond acceptors (Lipinski definition) is 6. The van der Waals surface area contributed by atoms with Gasteiger partial charge in [-0.15, -0.1) is 11.8 Å². The number of hydrogen-bond donors (Lipinski definition) is 2. The van der Waals surface area contributed by atoms with E-state index in [-0.39, 0.29) is 17.6 Å². The van der Waals surface area contributed by atoms with Crippen molar-refractivity contribution in [3.8, 4) is 6.07 Å². The van der Waals surface area contributed by atoms with E-state index in [9.17, 15) is 9.59 Å². The summed E-state index contributed by atoms with van der Waals surface area (Å²) >= 11 is 1.23. The first-order valence-electron chi connectivity index (χ1n) is 7.59. The van der Waals surface area contributed by atoms with Gasteiger partial charge in [-0.25, -0.2) is 0 Å². The van der Waals surface area contributed by atoms with Crippen molar-refractivity contribution in [1.82, 2.24) is 10.5 Å². The number of nitrogens with one attached hydrogen (secondary N) is 2. The third-order valence-corrected chi connectivity index (χ3v) is 4.40. The zero-order chi connectivity index (χ0) is 18.2. The summed E-state index contributed by atoms with van der Waals surface area (Å²) in [6.45, 7) is 3.79. The normalized spacial score (nSPS) is 11.4. The van der Waals surface area contributed by atoms with Crippen molar-refractivity contribution in [2.45, 2.75) is 25.6 Å². The van der Waals surface area contributed by atoms with Crippen LogP contribution in [-0.4, -0.2) is 28.0 Å². The molecule has 2 rings (SSSR count). The highest BCUT2D eigenvalue weighted by Gasteiger charge is 2.16. The number of amides is 2. The Morgan fingerprint density at radius 3 is 2.88 bits per heavy atom. The van der Waals surface area contributed by atoms with E-state index in [2.05, 4.69) is 21.9 Å². The second kappa shape index (κ2) is 8.89. The zero-order valence-corrected chi connectivity index (χ0v) is 14.7. The van der Waals surface area contributed by atoms with Gasteiger partial charge in [-0.05, 0) is 31.5 Å². The Morgan fingerprint density at radius 1 is 1.40 bits per heavy atom. The lowest BCUT2D eigenvalue weighted by atomic mass is 10.1. The number of aryl methyl sites for hydroxylation is 1. The third kappa shape index (κ3) is 5.97. The van der Waals surface area contributed by atoms with Crippen molar-refractivity contribution in [1.29, 1.82) is 5.26 Å². The van der Waals surface area contributed by atoms with Gasteiger partial charge < -0.3 is 15.2 Å². The minimum Gasteiger partial charge on any atom is -0.360 e. The number of carbonyl (C=O) groups is 2. The van der Waals surface area contributed by atoms with Crippen LogP contribution in [0.1, 0.15) is 23.8 Å². The number of rotatable bonds is 7. The van der Waals surface area contributed by atoms with Crippen LogP contribution in [0.4, 0.5) is 5.82 Å². The second-order valence-corrected chi connectivity index (χ2v) is 6.68. The minimum atomic E-state index is -0.412. The Kier molecular flexibility index (Phi) is 6.60. The molecule has 130 valence electrons. The number of anilines is 1. The van der Waals surface area contributed by atoms with E-state index in [1.807, 2.05) is 6.07 Å². The molecule has 0 bridgehead atoms. The smallest absolute Gasteiger partial charge is 0.238 e. The van der Waals surface area contributed by atoms with Gasteiger partial charge in [-0.1, -0.05) is 17.3 Å². The average Bonchev–Trinajstić information content (AvgIpc) is 3.02. The van der Waals surface area contributed by atoms with Gasteiger partial charge in [0.05, 0.1) is 22.6 Å². The SMILES string of the molecule is Cc1cc(NC(=O)C(C)SCC(=O)NCc2cccc(C#N)c2)no1. The molecule has 1 heterocycles. The molecule has 1 aromatic heterocycles. The molecule has 0 aliphatic heterocycles. The highest BCUT2D eigenvalue weighted by atomic mass is 32.2. The Bertz CT molecular complexity index is 797. The Balaban J connectivity index is 1.73. The number of nitriles is 1. The number of benzene rings is 1. The van der Waals surface area contributed by atoms with E-state index in [4.69, 9.17) is 9.78 Å². The first kappa shape index (κ1) is 18.5. The molecule has 0 aliphatic rings. The molecule has 0 aliphatic carbocycles. The molecular formula is C17H18N4O3S. The molecule has 0 radical (unpaired) electrons. The van der Waals surface area contributed by atoms with E-state index in [0.29, 0.717) is 23.7 Å². The van der Waals surface area contributed by atoms with Crippen molar-refractivity contribution in [3.63, 3.8) is 0 Å². The van der Waals surface area contributed by atoms with E-state index in [1.165, 1.54) is 11.8 Å². The minimum absolute atomic E-state index is 0.157. The summed E-state index contributed by atoms with van der Waals surface area (Å²) in [7, 11) is 0. The largest absolute Gasteiger partial charge is 0.360 e. The summed E-state index contributed by atoms with van der Waals surface area (Å²) in [5.41, 5.74) is 1.40. The van der Waals surface area contributed by atoms with Gasteiger partial charge in [0.1, 0.15) is 5.76 Å². The standard InChI is InChI=1S/C17H18N4O3S/c1-11-6-15(21-24-11)20-17(23)12(2)25-10-16(22)19-9-14-5-3-4-13(7-14)8-18/h3-7,12H,9-10H2,1-2H3,(H,19,22)(H,20,21,23). The number of nitrogens with zero attached hydrogens (tertiary/aromatic N) is 2. The highest BCUT2D eigenvalue weighted by molar-refractivity contribution is 8.01. The first-order valence-corrected chi connectivity index (χ1v) is 8.64. The van der Waals surface area contributed by atoms with Crippen LogP contribution in [-0.2, 0) is 16.1 Å². The van der Waals surface area contributed by atoms with Crippen molar-refractivity contribution in [2.24, 2.45) is 0 Å². The Hall–Kier alpha value is -2.79. The third-order valence-electron chi connectivity index (χ3n) is 3.26. The van der Waals surface area contributed by atoms with Crippen LogP contribution in [0.5, 0.6) is 0 Å².